The van der Waals surface area contributed by atoms with Crippen LogP contribution in [0.15, 0.2) is 72.8 Å². The molecule has 0 saturated heterocycles. The highest BCUT2D eigenvalue weighted by molar-refractivity contribution is 6.36. The third kappa shape index (κ3) is 4.93. The van der Waals surface area contributed by atoms with Crippen LogP contribution >= 0.6 is 23.2 Å². The molecule has 1 aliphatic rings. The van der Waals surface area contributed by atoms with E-state index in [1.807, 2.05) is 36.4 Å². The maximum absolute atomic E-state index is 14.0. The van der Waals surface area contributed by atoms with Gasteiger partial charge < -0.3 is 9.64 Å². The minimum atomic E-state index is -0.427. The van der Waals surface area contributed by atoms with E-state index >= 15 is 0 Å². The smallest absolute Gasteiger partial charge is 0.262 e. The molecule has 0 saturated carbocycles. The van der Waals surface area contributed by atoms with E-state index in [-0.39, 0.29) is 39.9 Å². The van der Waals surface area contributed by atoms with E-state index in [4.69, 9.17) is 27.9 Å². The number of hydrogen-bond donors (Lipinski definition) is 0. The molecule has 1 aliphatic heterocycles. The topological polar surface area (TPSA) is 66.9 Å². The van der Waals surface area contributed by atoms with Crippen LogP contribution in [-0.2, 0) is 5.41 Å². The number of rotatable bonds is 6. The Morgan fingerprint density at radius 2 is 1.50 bits per heavy atom. The number of anilines is 1. The van der Waals surface area contributed by atoms with Crippen LogP contribution in [0.1, 0.15) is 57.4 Å². The lowest BCUT2D eigenvalue weighted by molar-refractivity contribution is 0.0611. The third-order valence-electron chi connectivity index (χ3n) is 7.14. The molecule has 6 nitrogen and oxygen atoms in total. The van der Waals surface area contributed by atoms with Crippen LogP contribution in [0.4, 0.5) is 5.69 Å². The lowest BCUT2D eigenvalue weighted by atomic mass is 9.87. The van der Waals surface area contributed by atoms with Gasteiger partial charge in [-0.2, -0.15) is 0 Å². The summed E-state index contributed by atoms with van der Waals surface area (Å²) in [7, 11) is 1.43. The lowest BCUT2D eigenvalue weighted by Gasteiger charge is -2.31. The molecule has 0 aliphatic carbocycles. The summed E-state index contributed by atoms with van der Waals surface area (Å²) in [6.45, 7) is 6.34. The highest BCUT2D eigenvalue weighted by atomic mass is 35.5. The van der Waals surface area contributed by atoms with Crippen LogP contribution in [0.25, 0.3) is 10.8 Å². The van der Waals surface area contributed by atoms with E-state index in [9.17, 15) is 14.4 Å². The molecule has 4 aromatic rings. The summed E-state index contributed by atoms with van der Waals surface area (Å²) in [5.74, 6) is -1.02. The molecule has 0 bridgehead atoms. The highest BCUT2D eigenvalue weighted by Crippen LogP contribution is 2.35. The molecule has 1 heterocycles. The van der Waals surface area contributed by atoms with Gasteiger partial charge in [-0.05, 0) is 52.8 Å². The standard InChI is InChI=1S/C32H28Cl2N2O4/c1-32(2,3)20-11-13-22(14-12-20)35(31(39)25-17-21(33)18-26(34)28(25)40-4)15-16-36-29(37)23-9-5-7-19-8-6-10-24(27(19)23)30(36)38/h5-14,17-18H,15-16H2,1-4H3. The zero-order chi connectivity index (χ0) is 28.8. The fourth-order valence-electron chi connectivity index (χ4n) is 5.04. The summed E-state index contributed by atoms with van der Waals surface area (Å²) in [4.78, 5) is 43.7. The Balaban J connectivity index is 1.53. The summed E-state index contributed by atoms with van der Waals surface area (Å²) in [6, 6.07) is 21.4. The Labute approximate surface area is 243 Å². The van der Waals surface area contributed by atoms with E-state index in [1.54, 1.807) is 24.3 Å². The van der Waals surface area contributed by atoms with Gasteiger partial charge >= 0.3 is 0 Å². The molecule has 8 heteroatoms. The van der Waals surface area contributed by atoms with Gasteiger partial charge in [0.2, 0.25) is 0 Å². The molecular weight excluding hydrogens is 547 g/mol. The van der Waals surface area contributed by atoms with Crippen LogP contribution < -0.4 is 9.64 Å². The Bertz CT molecular complexity index is 1610. The molecule has 204 valence electrons. The minimum Gasteiger partial charge on any atom is -0.494 e. The van der Waals surface area contributed by atoms with Gasteiger partial charge in [-0.15, -0.1) is 0 Å². The van der Waals surface area contributed by atoms with Crippen molar-refractivity contribution in [1.29, 1.82) is 0 Å². The van der Waals surface area contributed by atoms with Gasteiger partial charge in [-0.3, -0.25) is 19.3 Å². The average molecular weight is 575 g/mol. The van der Waals surface area contributed by atoms with Crippen LogP contribution in [0.5, 0.6) is 5.75 Å². The number of methoxy groups -OCH3 is 1. The van der Waals surface area contributed by atoms with Crippen molar-refractivity contribution >= 4 is 57.4 Å². The van der Waals surface area contributed by atoms with Crippen molar-refractivity contribution < 1.29 is 19.1 Å². The van der Waals surface area contributed by atoms with E-state index in [0.717, 1.165) is 10.9 Å². The maximum Gasteiger partial charge on any atom is 0.262 e. The first-order valence-corrected chi connectivity index (χ1v) is 13.6. The monoisotopic (exact) mass is 574 g/mol. The maximum atomic E-state index is 14.0. The van der Waals surface area contributed by atoms with E-state index in [0.29, 0.717) is 22.2 Å². The second-order valence-electron chi connectivity index (χ2n) is 10.7. The van der Waals surface area contributed by atoms with Gasteiger partial charge in [0, 0.05) is 40.3 Å². The third-order valence-corrected chi connectivity index (χ3v) is 7.64. The predicted molar refractivity (Wildman–Crippen MR) is 159 cm³/mol. The SMILES string of the molecule is COc1c(Cl)cc(Cl)cc1C(=O)N(CCN1C(=O)c2cccc3cccc(c23)C1=O)c1ccc(C(C)(C)C)cc1. The first-order valence-electron chi connectivity index (χ1n) is 12.8. The Morgan fingerprint density at radius 1 is 0.900 bits per heavy atom. The zero-order valence-corrected chi connectivity index (χ0v) is 24.1. The number of halogens is 2. The quantitative estimate of drug-likeness (QED) is 0.225. The van der Waals surface area contributed by atoms with E-state index < -0.39 is 17.7 Å². The largest absolute Gasteiger partial charge is 0.494 e. The van der Waals surface area contributed by atoms with Gasteiger partial charge in [-0.25, -0.2) is 0 Å². The van der Waals surface area contributed by atoms with Crippen molar-refractivity contribution in [3.05, 3.63) is 105 Å². The number of imide groups is 1. The van der Waals surface area contributed by atoms with E-state index in [1.165, 1.54) is 29.0 Å². The summed E-state index contributed by atoms with van der Waals surface area (Å²) < 4.78 is 5.45. The number of nitrogens with zero attached hydrogens (tertiary/aromatic N) is 2. The first-order chi connectivity index (χ1) is 19.0. The van der Waals surface area contributed by atoms with Crippen molar-refractivity contribution in [3.63, 3.8) is 0 Å². The number of hydrogen-bond acceptors (Lipinski definition) is 4. The van der Waals surface area contributed by atoms with Crippen molar-refractivity contribution in [2.24, 2.45) is 0 Å². The van der Waals surface area contributed by atoms with Crippen molar-refractivity contribution in [3.8, 4) is 5.75 Å². The molecule has 0 radical (unpaired) electrons. The molecule has 0 atom stereocenters. The van der Waals surface area contributed by atoms with Crippen molar-refractivity contribution in [2.45, 2.75) is 26.2 Å². The fraction of sp³-hybridized carbons (Fsp3) is 0.219. The Hall–Kier alpha value is -3.87. The predicted octanol–water partition coefficient (Wildman–Crippen LogP) is 7.40. The zero-order valence-electron chi connectivity index (χ0n) is 22.6. The summed E-state index contributed by atoms with van der Waals surface area (Å²) in [6.07, 6.45) is 0. The van der Waals surface area contributed by atoms with Crippen LogP contribution in [-0.4, -0.2) is 42.8 Å². The molecule has 3 amide bonds. The molecule has 0 unspecified atom stereocenters. The number of carbonyl (C=O) groups is 3. The van der Waals surface area contributed by atoms with Gasteiger partial charge in [-0.1, -0.05) is 80.4 Å². The molecule has 0 N–H and O–H groups in total. The average Bonchev–Trinajstić information content (AvgIpc) is 2.92. The summed E-state index contributed by atoms with van der Waals surface area (Å²) >= 11 is 12.6. The van der Waals surface area contributed by atoms with Crippen LogP contribution in [0.2, 0.25) is 10.0 Å². The van der Waals surface area contributed by atoms with Crippen molar-refractivity contribution in [2.75, 3.05) is 25.1 Å². The summed E-state index contributed by atoms with van der Waals surface area (Å²) in [5, 5.41) is 1.97. The number of ether oxygens (including phenoxy) is 1. The normalized spacial score (nSPS) is 13.1. The molecular formula is C32H28Cl2N2O4. The van der Waals surface area contributed by atoms with Gasteiger partial charge in [0.15, 0.2) is 0 Å². The lowest BCUT2D eigenvalue weighted by Crippen LogP contribution is -2.46. The number of carbonyl (C=O) groups excluding carboxylic acids is 3. The number of amides is 3. The molecule has 0 aromatic heterocycles. The number of benzene rings is 4. The van der Waals surface area contributed by atoms with Crippen LogP contribution in [0, 0.1) is 0 Å². The van der Waals surface area contributed by atoms with Gasteiger partial charge in [0.25, 0.3) is 17.7 Å². The minimum absolute atomic E-state index is 0.0221. The molecule has 4 aromatic carbocycles. The van der Waals surface area contributed by atoms with Gasteiger partial charge in [0.05, 0.1) is 17.7 Å². The van der Waals surface area contributed by atoms with Crippen LogP contribution in [0.3, 0.4) is 0 Å². The highest BCUT2D eigenvalue weighted by Gasteiger charge is 2.34. The molecule has 0 spiro atoms. The first kappa shape index (κ1) is 27.7. The Morgan fingerprint density at radius 3 is 2.05 bits per heavy atom. The summed E-state index contributed by atoms with van der Waals surface area (Å²) in [5.41, 5.74) is 2.70. The van der Waals surface area contributed by atoms with Crippen molar-refractivity contribution in [1.82, 2.24) is 4.90 Å². The molecule has 40 heavy (non-hydrogen) atoms. The molecule has 0 fully saturated rings. The van der Waals surface area contributed by atoms with E-state index in [2.05, 4.69) is 20.8 Å². The second-order valence-corrected chi connectivity index (χ2v) is 11.5. The fourth-order valence-corrected chi connectivity index (χ4v) is 5.62. The second kappa shape index (κ2) is 10.6. The molecule has 5 rings (SSSR count). The Kier molecular flexibility index (Phi) is 7.34. The van der Waals surface area contributed by atoms with Gasteiger partial charge in [0.1, 0.15) is 5.75 Å².